The molecular weight excluding hydrogens is 400 g/mol. The first kappa shape index (κ1) is 20.7. The predicted molar refractivity (Wildman–Crippen MR) is 110 cm³/mol. The summed E-state index contributed by atoms with van der Waals surface area (Å²) in [4.78, 5) is 40.1. The van der Waals surface area contributed by atoms with Crippen LogP contribution in [0.15, 0.2) is 23.1 Å². The molecule has 2 saturated heterocycles. The molecule has 2 aliphatic rings. The number of rotatable bonds is 6. The lowest BCUT2D eigenvalue weighted by atomic mass is 10.2. The van der Waals surface area contributed by atoms with Crippen LogP contribution in [0.4, 0.5) is 4.79 Å². The second-order valence-electron chi connectivity index (χ2n) is 6.88. The topological polar surface area (TPSA) is 66.9 Å². The molecule has 1 aromatic rings. The van der Waals surface area contributed by atoms with Crippen LogP contribution in [0.25, 0.3) is 6.08 Å². The van der Waals surface area contributed by atoms with Gasteiger partial charge in [0.2, 0.25) is 5.91 Å². The fourth-order valence-corrected chi connectivity index (χ4v) is 4.06. The van der Waals surface area contributed by atoms with Gasteiger partial charge in [-0.1, -0.05) is 24.6 Å². The van der Waals surface area contributed by atoms with Gasteiger partial charge in [0.15, 0.2) is 0 Å². The maximum absolute atomic E-state index is 12.6. The van der Waals surface area contributed by atoms with Crippen molar-refractivity contribution in [2.45, 2.75) is 39.2 Å². The number of nitrogens with zero attached hydrogens (tertiary/aromatic N) is 2. The number of ether oxygens (including phenoxy) is 1. The number of carbonyl (C=O) groups is 3. The number of carbonyl (C=O) groups excluding carboxylic acids is 3. The van der Waals surface area contributed by atoms with Gasteiger partial charge in [0, 0.05) is 13.1 Å². The Kier molecular flexibility index (Phi) is 6.67. The molecule has 2 aliphatic heterocycles. The maximum Gasteiger partial charge on any atom is 0.294 e. The van der Waals surface area contributed by atoms with Crippen LogP contribution in [0.1, 0.15) is 38.7 Å². The summed E-state index contributed by atoms with van der Waals surface area (Å²) in [5, 5.41) is 0.0177. The van der Waals surface area contributed by atoms with Crippen LogP contribution >= 0.6 is 23.4 Å². The van der Waals surface area contributed by atoms with Gasteiger partial charge in [-0.25, -0.2) is 0 Å². The molecular formula is C20H23ClN2O4S. The number of amides is 3. The predicted octanol–water partition coefficient (Wildman–Crippen LogP) is 4.18. The third-order valence-electron chi connectivity index (χ3n) is 4.78. The molecule has 0 aliphatic carbocycles. The van der Waals surface area contributed by atoms with Crippen molar-refractivity contribution in [1.82, 2.24) is 9.80 Å². The van der Waals surface area contributed by atoms with Crippen molar-refractivity contribution in [2.75, 3.05) is 19.6 Å². The Hall–Kier alpha value is -1.99. The molecule has 28 heavy (non-hydrogen) atoms. The van der Waals surface area contributed by atoms with E-state index in [4.69, 9.17) is 16.3 Å². The Morgan fingerprint density at radius 3 is 2.68 bits per heavy atom. The monoisotopic (exact) mass is 422 g/mol. The van der Waals surface area contributed by atoms with Crippen LogP contribution in [-0.4, -0.2) is 52.6 Å². The number of benzene rings is 1. The maximum atomic E-state index is 12.6. The molecule has 2 fully saturated rings. The third-order valence-corrected chi connectivity index (χ3v) is 5.99. The van der Waals surface area contributed by atoms with Crippen molar-refractivity contribution in [3.63, 3.8) is 0 Å². The first-order valence-corrected chi connectivity index (χ1v) is 10.6. The largest absolute Gasteiger partial charge is 0.489 e. The second kappa shape index (κ2) is 9.01. The van der Waals surface area contributed by atoms with Crippen molar-refractivity contribution < 1.29 is 19.1 Å². The van der Waals surface area contributed by atoms with Gasteiger partial charge in [0.25, 0.3) is 11.1 Å². The van der Waals surface area contributed by atoms with Gasteiger partial charge < -0.3 is 9.64 Å². The van der Waals surface area contributed by atoms with Crippen LogP contribution < -0.4 is 4.74 Å². The van der Waals surface area contributed by atoms with E-state index in [1.165, 1.54) is 0 Å². The SMILES string of the molecule is CC[C@@H](C)Oc1ccc(/C=C2/SC(=O)N(CC(=O)N3CCCC3)C2=O)cc1Cl. The molecule has 0 N–H and O–H groups in total. The molecule has 3 amide bonds. The number of thioether (sulfide) groups is 1. The molecule has 8 heteroatoms. The number of halogens is 1. The summed E-state index contributed by atoms with van der Waals surface area (Å²) in [6.45, 7) is 5.16. The van der Waals surface area contributed by atoms with Gasteiger partial charge >= 0.3 is 0 Å². The van der Waals surface area contributed by atoms with E-state index in [0.29, 0.717) is 29.4 Å². The summed E-state index contributed by atoms with van der Waals surface area (Å²) in [7, 11) is 0. The van der Waals surface area contributed by atoms with Crippen LogP contribution in [-0.2, 0) is 9.59 Å². The van der Waals surface area contributed by atoms with E-state index in [-0.39, 0.29) is 23.5 Å². The lowest BCUT2D eigenvalue weighted by molar-refractivity contribution is -0.135. The molecule has 6 nitrogen and oxygen atoms in total. The van der Waals surface area contributed by atoms with E-state index in [2.05, 4.69) is 0 Å². The lowest BCUT2D eigenvalue weighted by Crippen LogP contribution is -2.40. The molecule has 3 rings (SSSR count). The highest BCUT2D eigenvalue weighted by Crippen LogP contribution is 2.34. The summed E-state index contributed by atoms with van der Waals surface area (Å²) in [5.74, 6) is -0.0493. The molecule has 1 aromatic carbocycles. The summed E-state index contributed by atoms with van der Waals surface area (Å²) >= 11 is 7.12. The number of hydrogen-bond donors (Lipinski definition) is 0. The van der Waals surface area contributed by atoms with Gasteiger partial charge in [-0.15, -0.1) is 0 Å². The number of imide groups is 1. The average molecular weight is 423 g/mol. The van der Waals surface area contributed by atoms with Crippen LogP contribution in [0.5, 0.6) is 5.75 Å². The molecule has 0 radical (unpaired) electrons. The van der Waals surface area contributed by atoms with Crippen molar-refractivity contribution >= 4 is 46.5 Å². The van der Waals surface area contributed by atoms with Gasteiger partial charge in [-0.05, 0) is 61.7 Å². The van der Waals surface area contributed by atoms with Crippen molar-refractivity contribution in [3.05, 3.63) is 33.7 Å². The zero-order valence-corrected chi connectivity index (χ0v) is 17.5. The van der Waals surface area contributed by atoms with E-state index in [0.717, 1.165) is 35.9 Å². The Labute approximate surface area is 173 Å². The summed E-state index contributed by atoms with van der Waals surface area (Å²) in [6.07, 6.45) is 4.45. The fraction of sp³-hybridized carbons (Fsp3) is 0.450. The Bertz CT molecular complexity index is 820. The van der Waals surface area contributed by atoms with Crippen molar-refractivity contribution in [3.8, 4) is 5.75 Å². The third kappa shape index (κ3) is 4.70. The Morgan fingerprint density at radius 2 is 2.04 bits per heavy atom. The van der Waals surface area contributed by atoms with Crippen LogP contribution in [0.2, 0.25) is 5.02 Å². The highest BCUT2D eigenvalue weighted by molar-refractivity contribution is 8.18. The quantitative estimate of drug-likeness (QED) is 0.643. The average Bonchev–Trinajstić information content (AvgIpc) is 3.29. The summed E-state index contributed by atoms with van der Waals surface area (Å²) in [6, 6.07) is 5.23. The Balaban J connectivity index is 1.70. The summed E-state index contributed by atoms with van der Waals surface area (Å²) in [5.41, 5.74) is 0.692. The first-order chi connectivity index (χ1) is 13.4. The summed E-state index contributed by atoms with van der Waals surface area (Å²) < 4.78 is 5.74. The van der Waals surface area contributed by atoms with Gasteiger partial charge in [-0.3, -0.25) is 19.3 Å². The van der Waals surface area contributed by atoms with E-state index in [9.17, 15) is 14.4 Å². The van der Waals surface area contributed by atoms with Gasteiger partial charge in [0.1, 0.15) is 12.3 Å². The molecule has 0 spiro atoms. The lowest BCUT2D eigenvalue weighted by Gasteiger charge is -2.18. The molecule has 150 valence electrons. The van der Waals surface area contributed by atoms with E-state index >= 15 is 0 Å². The minimum absolute atomic E-state index is 0.0491. The van der Waals surface area contributed by atoms with E-state index < -0.39 is 11.1 Å². The second-order valence-corrected chi connectivity index (χ2v) is 8.28. The zero-order chi connectivity index (χ0) is 20.3. The first-order valence-electron chi connectivity index (χ1n) is 9.38. The minimum atomic E-state index is -0.446. The van der Waals surface area contributed by atoms with Crippen molar-refractivity contribution in [1.29, 1.82) is 0 Å². The molecule has 0 aromatic heterocycles. The van der Waals surface area contributed by atoms with Crippen molar-refractivity contribution in [2.24, 2.45) is 0 Å². The molecule has 0 unspecified atom stereocenters. The highest BCUT2D eigenvalue weighted by Gasteiger charge is 2.37. The normalized spacial score (nSPS) is 19.6. The molecule has 1 atom stereocenters. The Morgan fingerprint density at radius 1 is 1.32 bits per heavy atom. The molecule has 0 saturated carbocycles. The van der Waals surface area contributed by atoms with Gasteiger partial charge in [0.05, 0.1) is 16.0 Å². The number of hydrogen-bond acceptors (Lipinski definition) is 5. The fourth-order valence-electron chi connectivity index (χ4n) is 2.99. The molecule has 0 bridgehead atoms. The smallest absolute Gasteiger partial charge is 0.294 e. The zero-order valence-electron chi connectivity index (χ0n) is 15.9. The van der Waals surface area contributed by atoms with Crippen LogP contribution in [0, 0.1) is 0 Å². The van der Waals surface area contributed by atoms with Crippen LogP contribution in [0.3, 0.4) is 0 Å². The van der Waals surface area contributed by atoms with E-state index in [1.54, 1.807) is 29.2 Å². The minimum Gasteiger partial charge on any atom is -0.489 e. The standard InChI is InChI=1S/C20H23ClN2O4S/c1-3-13(2)27-16-7-6-14(10-15(16)21)11-17-19(25)23(20(26)28-17)12-18(24)22-8-4-5-9-22/h6-7,10-11,13H,3-5,8-9,12H2,1-2H3/b17-11+/t13-/m1/s1. The molecule has 2 heterocycles. The highest BCUT2D eigenvalue weighted by atomic mass is 35.5. The number of likely N-dealkylation sites (tertiary alicyclic amines) is 1. The van der Waals surface area contributed by atoms with Gasteiger partial charge in [-0.2, -0.15) is 0 Å². The van der Waals surface area contributed by atoms with E-state index in [1.807, 2.05) is 13.8 Å².